The van der Waals surface area contributed by atoms with E-state index in [-0.39, 0.29) is 16.8 Å². The van der Waals surface area contributed by atoms with Crippen LogP contribution in [0.5, 0.6) is 0 Å². The van der Waals surface area contributed by atoms with Crippen LogP contribution in [0.3, 0.4) is 0 Å². The van der Waals surface area contributed by atoms with Crippen LogP contribution in [0.4, 0.5) is 11.4 Å². The number of nitrogens with one attached hydrogen (secondary N) is 2. The lowest BCUT2D eigenvalue weighted by atomic mass is 10.1. The number of aliphatic hydroxyl groups is 1. The Morgan fingerprint density at radius 3 is 2.92 bits per heavy atom. The second kappa shape index (κ2) is 5.67. The third-order valence-corrected chi connectivity index (χ3v) is 4.47. The lowest BCUT2D eigenvalue weighted by Crippen LogP contribution is -2.21. The van der Waals surface area contributed by atoms with Gasteiger partial charge in [-0.3, -0.25) is 14.9 Å². The molecule has 1 aliphatic carbocycles. The van der Waals surface area contributed by atoms with Crippen molar-refractivity contribution in [2.45, 2.75) is 18.6 Å². The van der Waals surface area contributed by atoms with Gasteiger partial charge in [-0.1, -0.05) is 24.3 Å². The number of nitrogens with zero attached hydrogens (tertiary/aromatic N) is 2. The van der Waals surface area contributed by atoms with Crippen LogP contribution in [0.15, 0.2) is 47.5 Å². The lowest BCUT2D eigenvalue weighted by Gasteiger charge is -2.19. The molecule has 4 rings (SSSR count). The second-order valence-corrected chi connectivity index (χ2v) is 5.97. The number of aliphatic hydroxyl groups excluding tert-OH is 1. The maximum Gasteiger partial charge on any atom is 0.293 e. The number of nitro benzene ring substituents is 1. The van der Waals surface area contributed by atoms with Crippen molar-refractivity contribution in [1.29, 1.82) is 0 Å². The predicted molar refractivity (Wildman–Crippen MR) is 91.5 cm³/mol. The minimum Gasteiger partial charge on any atom is -0.390 e. The minimum absolute atomic E-state index is 0.145. The van der Waals surface area contributed by atoms with Crippen molar-refractivity contribution in [3.8, 4) is 0 Å². The van der Waals surface area contributed by atoms with E-state index in [9.17, 15) is 20.0 Å². The van der Waals surface area contributed by atoms with Crippen molar-refractivity contribution in [2.75, 3.05) is 5.32 Å². The van der Waals surface area contributed by atoms with E-state index in [0.717, 1.165) is 11.1 Å². The molecule has 0 unspecified atom stereocenters. The number of aromatic nitrogens is 2. The highest BCUT2D eigenvalue weighted by atomic mass is 16.6. The van der Waals surface area contributed by atoms with Crippen LogP contribution in [0.1, 0.15) is 17.2 Å². The van der Waals surface area contributed by atoms with Crippen LogP contribution >= 0.6 is 0 Å². The average Bonchev–Trinajstić information content (AvgIpc) is 2.90. The van der Waals surface area contributed by atoms with Gasteiger partial charge in [0, 0.05) is 12.5 Å². The van der Waals surface area contributed by atoms with Gasteiger partial charge in [0.15, 0.2) is 0 Å². The maximum absolute atomic E-state index is 11.8. The molecule has 1 aliphatic rings. The average molecular weight is 338 g/mol. The van der Waals surface area contributed by atoms with Crippen LogP contribution in [0, 0.1) is 10.1 Å². The monoisotopic (exact) mass is 338 g/mol. The molecule has 0 aliphatic heterocycles. The fourth-order valence-corrected chi connectivity index (χ4v) is 3.29. The molecule has 3 N–H and O–H groups in total. The summed E-state index contributed by atoms with van der Waals surface area (Å²) in [5.74, 6) is 0. The smallest absolute Gasteiger partial charge is 0.293 e. The molecule has 8 nitrogen and oxygen atoms in total. The molecule has 0 radical (unpaired) electrons. The van der Waals surface area contributed by atoms with Crippen molar-refractivity contribution >= 4 is 22.3 Å². The first-order valence-corrected chi connectivity index (χ1v) is 7.73. The van der Waals surface area contributed by atoms with Crippen LogP contribution in [0.2, 0.25) is 0 Å². The van der Waals surface area contributed by atoms with Gasteiger partial charge >= 0.3 is 0 Å². The van der Waals surface area contributed by atoms with Gasteiger partial charge in [-0.25, -0.2) is 4.98 Å². The molecule has 2 aromatic carbocycles. The van der Waals surface area contributed by atoms with E-state index in [4.69, 9.17) is 0 Å². The first kappa shape index (κ1) is 15.3. The Hall–Kier alpha value is -3.26. The van der Waals surface area contributed by atoms with E-state index in [1.54, 1.807) is 0 Å². The van der Waals surface area contributed by atoms with Gasteiger partial charge in [0.05, 0.1) is 34.3 Å². The zero-order chi connectivity index (χ0) is 17.6. The number of anilines is 1. The molecule has 8 heteroatoms. The SMILES string of the molecule is O=c1[nH]cnc2cc(N[C@@H]3c4ccccc4C[C@@H]3O)c([N+](=O)[O-])cc12. The highest BCUT2D eigenvalue weighted by Crippen LogP contribution is 2.37. The van der Waals surface area contributed by atoms with E-state index < -0.39 is 22.6 Å². The zero-order valence-corrected chi connectivity index (χ0v) is 13.0. The normalized spacial score (nSPS) is 18.9. The van der Waals surface area contributed by atoms with Crippen molar-refractivity contribution in [1.82, 2.24) is 9.97 Å². The molecule has 0 fully saturated rings. The third-order valence-electron chi connectivity index (χ3n) is 4.47. The molecular weight excluding hydrogens is 324 g/mol. The summed E-state index contributed by atoms with van der Waals surface area (Å²) in [6, 6.07) is 9.78. The first-order chi connectivity index (χ1) is 12.0. The largest absolute Gasteiger partial charge is 0.390 e. The highest BCUT2D eigenvalue weighted by Gasteiger charge is 2.32. The zero-order valence-electron chi connectivity index (χ0n) is 13.0. The Kier molecular flexibility index (Phi) is 3.47. The molecule has 0 bridgehead atoms. The Balaban J connectivity index is 1.83. The molecular formula is C17H14N4O4. The Bertz CT molecular complexity index is 1050. The number of benzene rings is 2. The van der Waals surface area contributed by atoms with E-state index in [1.165, 1.54) is 18.5 Å². The van der Waals surface area contributed by atoms with Crippen LogP contribution in [0.25, 0.3) is 10.9 Å². The standard InChI is InChI=1S/C17H14N4O4/c22-15-5-9-3-1-2-4-10(9)16(15)20-13-7-12-11(6-14(13)21(24)25)17(23)19-8-18-12/h1-4,6-8,15-16,20,22H,5H2,(H,18,19,23)/t15-,16+/m0/s1. The summed E-state index contributed by atoms with van der Waals surface area (Å²) in [6.45, 7) is 0. The number of hydrogen-bond acceptors (Lipinski definition) is 6. The summed E-state index contributed by atoms with van der Waals surface area (Å²) in [6.07, 6.45) is 1.03. The lowest BCUT2D eigenvalue weighted by molar-refractivity contribution is -0.383. The van der Waals surface area contributed by atoms with Crippen LogP contribution in [-0.2, 0) is 6.42 Å². The van der Waals surface area contributed by atoms with Crippen molar-refractivity contribution in [2.24, 2.45) is 0 Å². The molecule has 0 amide bonds. The summed E-state index contributed by atoms with van der Waals surface area (Å²) < 4.78 is 0. The van der Waals surface area contributed by atoms with Crippen molar-refractivity contribution in [3.05, 3.63) is 74.3 Å². The summed E-state index contributed by atoms with van der Waals surface area (Å²) in [7, 11) is 0. The van der Waals surface area contributed by atoms with Crippen LogP contribution in [-0.4, -0.2) is 26.1 Å². The third kappa shape index (κ3) is 2.52. The van der Waals surface area contributed by atoms with Gasteiger partial charge in [-0.15, -0.1) is 0 Å². The maximum atomic E-state index is 11.8. The van der Waals surface area contributed by atoms with Gasteiger partial charge in [0.25, 0.3) is 11.2 Å². The molecule has 3 aromatic rings. The van der Waals surface area contributed by atoms with E-state index in [0.29, 0.717) is 11.9 Å². The fraction of sp³-hybridized carbons (Fsp3) is 0.176. The van der Waals surface area contributed by atoms with Crippen molar-refractivity contribution in [3.63, 3.8) is 0 Å². The van der Waals surface area contributed by atoms with Gasteiger partial charge in [-0.2, -0.15) is 0 Å². The summed E-state index contributed by atoms with van der Waals surface area (Å²) in [4.78, 5) is 29.2. The molecule has 0 saturated heterocycles. The first-order valence-electron chi connectivity index (χ1n) is 7.73. The number of nitro groups is 1. The van der Waals surface area contributed by atoms with E-state index in [1.807, 2.05) is 24.3 Å². The molecule has 2 atom stereocenters. The van der Waals surface area contributed by atoms with Gasteiger partial charge in [0.2, 0.25) is 0 Å². The Morgan fingerprint density at radius 2 is 2.12 bits per heavy atom. The fourth-order valence-electron chi connectivity index (χ4n) is 3.29. The number of fused-ring (bicyclic) bond motifs is 2. The predicted octanol–water partition coefficient (Wildman–Crippen LogP) is 1.90. The number of rotatable bonds is 3. The molecule has 0 saturated carbocycles. The molecule has 1 aromatic heterocycles. The molecule has 0 spiro atoms. The Morgan fingerprint density at radius 1 is 1.32 bits per heavy atom. The van der Waals surface area contributed by atoms with Crippen LogP contribution < -0.4 is 10.9 Å². The van der Waals surface area contributed by atoms with Gasteiger partial charge in [0.1, 0.15) is 5.69 Å². The number of H-pyrrole nitrogens is 1. The topological polar surface area (TPSA) is 121 Å². The molecule has 25 heavy (non-hydrogen) atoms. The summed E-state index contributed by atoms with van der Waals surface area (Å²) >= 11 is 0. The van der Waals surface area contributed by atoms with E-state index >= 15 is 0 Å². The van der Waals surface area contributed by atoms with Gasteiger partial charge < -0.3 is 15.4 Å². The molecule has 126 valence electrons. The summed E-state index contributed by atoms with van der Waals surface area (Å²) in [5, 5.41) is 25.0. The quantitative estimate of drug-likeness (QED) is 0.495. The number of aromatic amines is 1. The van der Waals surface area contributed by atoms with E-state index in [2.05, 4.69) is 15.3 Å². The summed E-state index contributed by atoms with van der Waals surface area (Å²) in [5.41, 5.74) is 1.80. The highest BCUT2D eigenvalue weighted by molar-refractivity contribution is 5.86. The minimum atomic E-state index is -0.695. The molecule has 1 heterocycles. The second-order valence-electron chi connectivity index (χ2n) is 5.97. The Labute approximate surface area is 141 Å². The van der Waals surface area contributed by atoms with Gasteiger partial charge in [-0.05, 0) is 17.2 Å². The van der Waals surface area contributed by atoms with Crippen molar-refractivity contribution < 1.29 is 10.0 Å². The number of hydrogen-bond donors (Lipinski definition) is 3.